The number of nitrogens with zero attached hydrogens (tertiary/aromatic N) is 1. The number of para-hydroxylation sites is 1. The lowest BCUT2D eigenvalue weighted by molar-refractivity contribution is 0.629. The fourth-order valence-corrected chi connectivity index (χ4v) is 3.15. The summed E-state index contributed by atoms with van der Waals surface area (Å²) in [7, 11) is 0. The van der Waals surface area contributed by atoms with E-state index in [1.54, 1.807) is 6.07 Å². The molecule has 2 aromatic carbocycles. The van der Waals surface area contributed by atoms with Gasteiger partial charge in [0.15, 0.2) is 0 Å². The first-order valence-corrected chi connectivity index (χ1v) is 8.07. The van der Waals surface area contributed by atoms with Gasteiger partial charge >= 0.3 is 0 Å². The van der Waals surface area contributed by atoms with Gasteiger partial charge in [-0.1, -0.05) is 35.9 Å². The zero-order valence-electron chi connectivity index (χ0n) is 12.2. The Balaban J connectivity index is 2.05. The molecule has 2 aromatic rings. The predicted molar refractivity (Wildman–Crippen MR) is 92.0 cm³/mol. The summed E-state index contributed by atoms with van der Waals surface area (Å²) in [5.41, 5.74) is 2.41. The molecule has 0 aromatic heterocycles. The second-order valence-corrected chi connectivity index (χ2v) is 6.42. The summed E-state index contributed by atoms with van der Waals surface area (Å²) in [4.78, 5) is 0.979. The maximum atomic E-state index is 13.8. The summed E-state index contributed by atoms with van der Waals surface area (Å²) < 4.78 is 18.1. The van der Waals surface area contributed by atoms with Crippen LogP contribution < -0.4 is 10.6 Å². The highest BCUT2D eigenvalue weighted by molar-refractivity contribution is 7.98. The number of hydrogen-bond acceptors (Lipinski definition) is 4. The number of halogens is 2. The van der Waals surface area contributed by atoms with Gasteiger partial charge in [-0.2, -0.15) is 4.40 Å². The zero-order valence-corrected chi connectivity index (χ0v) is 13.7. The number of nitrogens with one attached hydrogen (secondary N) is 2. The molecule has 1 heterocycles. The lowest BCUT2D eigenvalue weighted by atomic mass is 10.0. The molecule has 2 N–H and O–H groups in total. The van der Waals surface area contributed by atoms with Gasteiger partial charge < -0.3 is 10.6 Å². The van der Waals surface area contributed by atoms with Gasteiger partial charge in [0, 0.05) is 29.1 Å². The van der Waals surface area contributed by atoms with E-state index < -0.39 is 5.82 Å². The van der Waals surface area contributed by atoms with Crippen LogP contribution in [0.1, 0.15) is 13.8 Å². The number of hydrogen-bond donors (Lipinski definition) is 2. The highest BCUT2D eigenvalue weighted by Gasteiger charge is 2.19. The van der Waals surface area contributed by atoms with Gasteiger partial charge in [-0.05, 0) is 26.0 Å². The maximum absolute atomic E-state index is 13.8. The number of rotatable bonds is 2. The van der Waals surface area contributed by atoms with Crippen LogP contribution in [-0.4, -0.2) is 12.0 Å². The van der Waals surface area contributed by atoms with Crippen molar-refractivity contribution in [2.24, 2.45) is 4.40 Å². The quantitative estimate of drug-likeness (QED) is 0.764. The number of benzene rings is 2. The molecule has 0 saturated heterocycles. The second kappa shape index (κ2) is 6.18. The minimum Gasteiger partial charge on any atom is -0.353 e. The van der Waals surface area contributed by atoms with Crippen molar-refractivity contribution in [2.75, 3.05) is 5.32 Å². The topological polar surface area (TPSA) is 36.4 Å². The SMILES string of the molecule is CC(C)NC1=NSc2cccc(-c3cccc(F)c3Cl)c2N1. The smallest absolute Gasteiger partial charge is 0.208 e. The van der Waals surface area contributed by atoms with Crippen molar-refractivity contribution in [3.8, 4) is 11.1 Å². The zero-order chi connectivity index (χ0) is 15.7. The molecule has 0 saturated carbocycles. The van der Waals surface area contributed by atoms with Crippen LogP contribution in [0.2, 0.25) is 5.02 Å². The summed E-state index contributed by atoms with van der Waals surface area (Å²) in [5.74, 6) is 0.266. The third kappa shape index (κ3) is 2.91. The molecule has 6 heteroatoms. The molecule has 0 aliphatic carbocycles. The van der Waals surface area contributed by atoms with Crippen molar-refractivity contribution in [3.63, 3.8) is 0 Å². The van der Waals surface area contributed by atoms with Crippen LogP contribution in [0.3, 0.4) is 0 Å². The Bertz CT molecular complexity index is 746. The molecule has 0 fully saturated rings. The molecule has 1 aliphatic rings. The first kappa shape index (κ1) is 15.2. The van der Waals surface area contributed by atoms with Crippen LogP contribution >= 0.6 is 23.5 Å². The van der Waals surface area contributed by atoms with Gasteiger partial charge in [0.2, 0.25) is 5.96 Å². The van der Waals surface area contributed by atoms with E-state index in [1.807, 2.05) is 38.1 Å². The molecule has 1 aliphatic heterocycles. The molecular formula is C16H15ClFN3S. The average molecular weight is 336 g/mol. The maximum Gasteiger partial charge on any atom is 0.208 e. The lowest BCUT2D eigenvalue weighted by Gasteiger charge is -2.23. The van der Waals surface area contributed by atoms with Gasteiger partial charge in [0.25, 0.3) is 0 Å². The van der Waals surface area contributed by atoms with Gasteiger partial charge in [-0.25, -0.2) is 4.39 Å². The van der Waals surface area contributed by atoms with E-state index in [2.05, 4.69) is 15.0 Å². The Labute approximate surface area is 138 Å². The Morgan fingerprint density at radius 1 is 1.18 bits per heavy atom. The highest BCUT2D eigenvalue weighted by atomic mass is 35.5. The van der Waals surface area contributed by atoms with Crippen LogP contribution in [0.5, 0.6) is 0 Å². The molecule has 0 amide bonds. The molecule has 0 spiro atoms. The van der Waals surface area contributed by atoms with E-state index in [4.69, 9.17) is 11.6 Å². The monoisotopic (exact) mass is 335 g/mol. The fraction of sp³-hybridized carbons (Fsp3) is 0.188. The predicted octanol–water partition coefficient (Wildman–Crippen LogP) is 4.93. The van der Waals surface area contributed by atoms with E-state index in [-0.39, 0.29) is 11.1 Å². The van der Waals surface area contributed by atoms with E-state index in [0.29, 0.717) is 11.5 Å². The summed E-state index contributed by atoms with van der Waals surface area (Å²) in [6.45, 7) is 4.08. The van der Waals surface area contributed by atoms with E-state index >= 15 is 0 Å². The van der Waals surface area contributed by atoms with Gasteiger partial charge in [0.1, 0.15) is 5.82 Å². The first-order chi connectivity index (χ1) is 10.6. The summed E-state index contributed by atoms with van der Waals surface area (Å²) in [6.07, 6.45) is 0. The minimum absolute atomic E-state index is 0.128. The van der Waals surface area contributed by atoms with Gasteiger partial charge in [-0.15, -0.1) is 0 Å². The third-order valence-corrected chi connectivity index (χ3v) is 4.37. The molecular weight excluding hydrogens is 321 g/mol. The molecule has 0 unspecified atom stereocenters. The summed E-state index contributed by atoms with van der Waals surface area (Å²) in [6, 6.07) is 10.9. The van der Waals surface area contributed by atoms with Crippen molar-refractivity contribution in [2.45, 2.75) is 24.8 Å². The van der Waals surface area contributed by atoms with Crippen LogP contribution in [-0.2, 0) is 0 Å². The normalized spacial score (nSPS) is 13.4. The van der Waals surface area contributed by atoms with Crippen molar-refractivity contribution >= 4 is 35.2 Å². The standard InChI is InChI=1S/C16H15ClFN3S/c1-9(2)19-16-20-15-11(6-4-8-13(15)22-21-16)10-5-3-7-12(18)14(10)17/h3-9H,1-2H3,(H2,19,20,21). The van der Waals surface area contributed by atoms with E-state index in [0.717, 1.165) is 16.1 Å². The Morgan fingerprint density at radius 2 is 1.91 bits per heavy atom. The van der Waals surface area contributed by atoms with Crippen LogP contribution in [0.15, 0.2) is 45.7 Å². The lowest BCUT2D eigenvalue weighted by Crippen LogP contribution is -2.36. The van der Waals surface area contributed by atoms with Crippen LogP contribution in [0.25, 0.3) is 11.1 Å². The number of anilines is 1. The van der Waals surface area contributed by atoms with Gasteiger partial charge in [-0.3, -0.25) is 0 Å². The minimum atomic E-state index is -0.422. The van der Waals surface area contributed by atoms with Crippen LogP contribution in [0.4, 0.5) is 10.1 Å². The Hall–Kier alpha value is -1.72. The Morgan fingerprint density at radius 3 is 2.68 bits per heavy atom. The number of guanidine groups is 1. The van der Waals surface area contributed by atoms with Crippen molar-refractivity contribution in [1.29, 1.82) is 0 Å². The molecule has 22 heavy (non-hydrogen) atoms. The molecule has 3 rings (SSSR count). The number of fused-ring (bicyclic) bond motifs is 1. The summed E-state index contributed by atoms with van der Waals surface area (Å²) in [5, 5.41) is 6.65. The first-order valence-electron chi connectivity index (χ1n) is 6.92. The van der Waals surface area contributed by atoms with Crippen molar-refractivity contribution in [3.05, 3.63) is 47.2 Å². The highest BCUT2D eigenvalue weighted by Crippen LogP contribution is 2.41. The Kier molecular flexibility index (Phi) is 4.27. The fourth-order valence-electron chi connectivity index (χ4n) is 2.24. The van der Waals surface area contributed by atoms with Crippen molar-refractivity contribution < 1.29 is 4.39 Å². The summed E-state index contributed by atoms with van der Waals surface area (Å²) >= 11 is 7.52. The molecule has 0 radical (unpaired) electrons. The molecule has 3 nitrogen and oxygen atoms in total. The van der Waals surface area contributed by atoms with Crippen molar-refractivity contribution in [1.82, 2.24) is 5.32 Å². The van der Waals surface area contributed by atoms with E-state index in [1.165, 1.54) is 18.0 Å². The largest absolute Gasteiger partial charge is 0.353 e. The van der Waals surface area contributed by atoms with Crippen LogP contribution in [0, 0.1) is 5.82 Å². The van der Waals surface area contributed by atoms with E-state index in [9.17, 15) is 4.39 Å². The van der Waals surface area contributed by atoms with Gasteiger partial charge in [0.05, 0.1) is 15.6 Å². The molecule has 114 valence electrons. The molecule has 0 atom stereocenters. The third-order valence-electron chi connectivity index (χ3n) is 3.17. The average Bonchev–Trinajstić information content (AvgIpc) is 2.49. The second-order valence-electron chi connectivity index (χ2n) is 5.24. The molecule has 0 bridgehead atoms.